The summed E-state index contributed by atoms with van der Waals surface area (Å²) in [6.45, 7) is 7.30. The van der Waals surface area contributed by atoms with E-state index in [4.69, 9.17) is 4.74 Å². The van der Waals surface area contributed by atoms with Crippen molar-refractivity contribution in [3.8, 4) is 0 Å². The zero-order chi connectivity index (χ0) is 14.3. The van der Waals surface area contributed by atoms with Crippen LogP contribution in [0, 0.1) is 5.92 Å². The van der Waals surface area contributed by atoms with Crippen molar-refractivity contribution in [2.24, 2.45) is 5.92 Å². The molecular formula is C12H23N5O2. The number of carbonyl (C=O) groups is 1. The fraction of sp³-hybridized carbons (Fsp3) is 0.833. The predicted molar refractivity (Wildman–Crippen MR) is 70.2 cm³/mol. The molecule has 0 radical (unpaired) electrons. The van der Waals surface area contributed by atoms with E-state index in [1.807, 2.05) is 13.8 Å². The van der Waals surface area contributed by atoms with Gasteiger partial charge in [0.1, 0.15) is 6.04 Å². The van der Waals surface area contributed by atoms with Gasteiger partial charge in [0.25, 0.3) is 0 Å². The van der Waals surface area contributed by atoms with Gasteiger partial charge in [0, 0.05) is 6.54 Å². The molecule has 7 heteroatoms. The summed E-state index contributed by atoms with van der Waals surface area (Å²) in [7, 11) is 1.39. The number of aromatic nitrogens is 4. The molecule has 1 aromatic heterocycles. The summed E-state index contributed by atoms with van der Waals surface area (Å²) in [6.07, 6.45) is 2.12. The van der Waals surface area contributed by atoms with E-state index in [0.717, 1.165) is 25.2 Å². The van der Waals surface area contributed by atoms with Crippen molar-refractivity contribution in [2.45, 2.75) is 52.7 Å². The number of nitrogens with zero attached hydrogens (tertiary/aromatic N) is 4. The van der Waals surface area contributed by atoms with Crippen LogP contribution in [0.3, 0.4) is 0 Å². The Labute approximate surface area is 113 Å². The highest BCUT2D eigenvalue weighted by Crippen LogP contribution is 2.05. The average Bonchev–Trinajstić information content (AvgIpc) is 2.83. The second-order valence-corrected chi connectivity index (χ2v) is 4.80. The molecule has 1 N–H and O–H groups in total. The van der Waals surface area contributed by atoms with E-state index < -0.39 is 0 Å². The minimum absolute atomic E-state index is 0.146. The van der Waals surface area contributed by atoms with Crippen molar-refractivity contribution in [3.63, 3.8) is 0 Å². The van der Waals surface area contributed by atoms with Crippen molar-refractivity contribution < 1.29 is 9.53 Å². The van der Waals surface area contributed by atoms with Gasteiger partial charge in [-0.05, 0) is 22.8 Å². The largest absolute Gasteiger partial charge is 0.468 e. The molecule has 1 aromatic rings. The van der Waals surface area contributed by atoms with E-state index in [9.17, 15) is 4.79 Å². The quantitative estimate of drug-likeness (QED) is 0.702. The molecule has 0 aliphatic carbocycles. The Balaban J connectivity index is 2.59. The lowest BCUT2D eigenvalue weighted by Crippen LogP contribution is -2.41. The van der Waals surface area contributed by atoms with Crippen LogP contribution in [0.2, 0.25) is 0 Å². The molecule has 1 atom stereocenters. The summed E-state index contributed by atoms with van der Waals surface area (Å²) in [5, 5.41) is 14.7. The third-order valence-electron chi connectivity index (χ3n) is 2.93. The van der Waals surface area contributed by atoms with Gasteiger partial charge in [0.2, 0.25) is 0 Å². The lowest BCUT2D eigenvalue weighted by molar-refractivity contribution is -0.144. The van der Waals surface area contributed by atoms with Crippen molar-refractivity contribution in [3.05, 3.63) is 5.82 Å². The third kappa shape index (κ3) is 4.59. The zero-order valence-electron chi connectivity index (χ0n) is 12.1. The van der Waals surface area contributed by atoms with Gasteiger partial charge in [-0.1, -0.05) is 27.2 Å². The van der Waals surface area contributed by atoms with Crippen LogP contribution in [0.5, 0.6) is 0 Å². The number of rotatable bonds is 8. The molecular weight excluding hydrogens is 246 g/mol. The van der Waals surface area contributed by atoms with E-state index in [1.165, 1.54) is 7.11 Å². The SMILES string of the molecule is CCCCn1nnnc1CNC(C(=O)OC)C(C)C. The zero-order valence-corrected chi connectivity index (χ0v) is 12.1. The molecule has 0 saturated carbocycles. The molecule has 7 nitrogen and oxygen atoms in total. The molecule has 0 fully saturated rings. The lowest BCUT2D eigenvalue weighted by Gasteiger charge is -2.19. The molecule has 0 aliphatic rings. The Morgan fingerprint density at radius 3 is 2.79 bits per heavy atom. The molecule has 0 aromatic carbocycles. The predicted octanol–water partition coefficient (Wildman–Crippen LogP) is 0.760. The second kappa shape index (κ2) is 7.83. The highest BCUT2D eigenvalue weighted by atomic mass is 16.5. The maximum Gasteiger partial charge on any atom is 0.323 e. The molecule has 108 valence electrons. The molecule has 19 heavy (non-hydrogen) atoms. The van der Waals surface area contributed by atoms with Crippen LogP contribution in [-0.4, -0.2) is 39.3 Å². The highest BCUT2D eigenvalue weighted by molar-refractivity contribution is 5.75. The van der Waals surface area contributed by atoms with E-state index in [1.54, 1.807) is 4.68 Å². The van der Waals surface area contributed by atoms with E-state index in [-0.39, 0.29) is 17.9 Å². The first-order valence-corrected chi connectivity index (χ1v) is 6.66. The Bertz CT molecular complexity index is 391. The van der Waals surface area contributed by atoms with Gasteiger partial charge in [-0.2, -0.15) is 0 Å². The molecule has 1 heterocycles. The number of unbranched alkanes of at least 4 members (excludes halogenated alkanes) is 1. The monoisotopic (exact) mass is 269 g/mol. The van der Waals surface area contributed by atoms with Gasteiger partial charge in [0.15, 0.2) is 5.82 Å². The third-order valence-corrected chi connectivity index (χ3v) is 2.93. The Morgan fingerprint density at radius 1 is 1.47 bits per heavy atom. The van der Waals surface area contributed by atoms with Crippen LogP contribution in [0.4, 0.5) is 0 Å². The van der Waals surface area contributed by atoms with Gasteiger partial charge in [-0.15, -0.1) is 5.10 Å². The second-order valence-electron chi connectivity index (χ2n) is 4.80. The summed E-state index contributed by atoms with van der Waals surface area (Å²) in [5.41, 5.74) is 0. The van der Waals surface area contributed by atoms with Gasteiger partial charge in [-0.3, -0.25) is 10.1 Å². The molecule has 0 bridgehead atoms. The summed E-state index contributed by atoms with van der Waals surface area (Å²) in [5.74, 6) is 0.623. The number of esters is 1. The number of hydrogen-bond donors (Lipinski definition) is 1. The fourth-order valence-electron chi connectivity index (χ4n) is 1.75. The van der Waals surface area contributed by atoms with Crippen LogP contribution in [-0.2, 0) is 22.6 Å². The first-order chi connectivity index (χ1) is 9.10. The summed E-state index contributed by atoms with van der Waals surface area (Å²) in [4.78, 5) is 11.6. The molecule has 1 rings (SSSR count). The van der Waals surface area contributed by atoms with E-state index >= 15 is 0 Å². The van der Waals surface area contributed by atoms with Crippen molar-refractivity contribution in [2.75, 3.05) is 7.11 Å². The highest BCUT2D eigenvalue weighted by Gasteiger charge is 2.23. The minimum atomic E-state index is -0.346. The van der Waals surface area contributed by atoms with E-state index in [2.05, 4.69) is 27.8 Å². The lowest BCUT2D eigenvalue weighted by atomic mass is 10.0. The Morgan fingerprint density at radius 2 is 2.21 bits per heavy atom. The van der Waals surface area contributed by atoms with Crippen LogP contribution < -0.4 is 5.32 Å². The maximum absolute atomic E-state index is 11.6. The summed E-state index contributed by atoms with van der Waals surface area (Å²) < 4.78 is 6.55. The molecule has 0 amide bonds. The number of carbonyl (C=O) groups excluding carboxylic acids is 1. The van der Waals surface area contributed by atoms with Crippen LogP contribution in [0.1, 0.15) is 39.4 Å². The van der Waals surface area contributed by atoms with Gasteiger partial charge in [0.05, 0.1) is 13.7 Å². The maximum atomic E-state index is 11.6. The Kier molecular flexibility index (Phi) is 6.41. The topological polar surface area (TPSA) is 81.9 Å². The molecule has 0 spiro atoms. The van der Waals surface area contributed by atoms with Crippen LogP contribution >= 0.6 is 0 Å². The van der Waals surface area contributed by atoms with Gasteiger partial charge < -0.3 is 4.74 Å². The smallest absolute Gasteiger partial charge is 0.323 e. The first kappa shape index (κ1) is 15.6. The van der Waals surface area contributed by atoms with Crippen LogP contribution in [0.15, 0.2) is 0 Å². The standard InChI is InChI=1S/C12H23N5O2/c1-5-6-7-17-10(14-15-16-17)8-13-11(9(2)3)12(18)19-4/h9,11,13H,5-8H2,1-4H3. The van der Waals surface area contributed by atoms with Crippen molar-refractivity contribution in [1.29, 1.82) is 0 Å². The average molecular weight is 269 g/mol. The van der Waals surface area contributed by atoms with Crippen molar-refractivity contribution >= 4 is 5.97 Å². The molecule has 1 unspecified atom stereocenters. The first-order valence-electron chi connectivity index (χ1n) is 6.66. The molecule has 0 aliphatic heterocycles. The summed E-state index contributed by atoms with van der Waals surface area (Å²) in [6, 6.07) is -0.346. The molecule has 0 saturated heterocycles. The number of methoxy groups -OCH3 is 1. The minimum Gasteiger partial charge on any atom is -0.468 e. The van der Waals surface area contributed by atoms with Crippen LogP contribution in [0.25, 0.3) is 0 Å². The number of ether oxygens (including phenoxy) is 1. The Hall–Kier alpha value is -1.50. The van der Waals surface area contributed by atoms with Crippen molar-refractivity contribution in [1.82, 2.24) is 25.5 Å². The normalized spacial score (nSPS) is 12.7. The van der Waals surface area contributed by atoms with Gasteiger partial charge >= 0.3 is 5.97 Å². The number of tetrazole rings is 1. The number of hydrogen-bond acceptors (Lipinski definition) is 6. The summed E-state index contributed by atoms with van der Waals surface area (Å²) >= 11 is 0. The van der Waals surface area contributed by atoms with E-state index in [0.29, 0.717) is 6.54 Å². The van der Waals surface area contributed by atoms with Gasteiger partial charge in [-0.25, -0.2) is 4.68 Å². The fourth-order valence-corrected chi connectivity index (χ4v) is 1.75. The number of aryl methyl sites for hydroxylation is 1. The number of nitrogens with one attached hydrogen (secondary N) is 1.